The van der Waals surface area contributed by atoms with Crippen molar-refractivity contribution in [3.8, 4) is 5.69 Å². The van der Waals surface area contributed by atoms with Crippen molar-refractivity contribution >= 4 is 35.3 Å². The summed E-state index contributed by atoms with van der Waals surface area (Å²) in [7, 11) is 1.32. The Bertz CT molecular complexity index is 981. The molecule has 0 saturated carbocycles. The number of halogens is 1. The van der Waals surface area contributed by atoms with Gasteiger partial charge in [-0.05, 0) is 37.1 Å². The highest BCUT2D eigenvalue weighted by Crippen LogP contribution is 2.33. The van der Waals surface area contributed by atoms with E-state index in [9.17, 15) is 4.79 Å². The molecule has 0 radical (unpaired) electrons. The molecular weight excluding hydrogens is 400 g/mol. The van der Waals surface area contributed by atoms with Gasteiger partial charge in [-0.15, -0.1) is 10.2 Å². The number of hydrogen-bond acceptors (Lipinski definition) is 7. The third-order valence-electron chi connectivity index (χ3n) is 4.49. The lowest BCUT2D eigenvalue weighted by Gasteiger charge is -2.19. The quantitative estimate of drug-likeness (QED) is 0.439. The van der Waals surface area contributed by atoms with E-state index in [1.165, 1.54) is 18.9 Å². The predicted octanol–water partition coefficient (Wildman–Crippen LogP) is 4.19. The first-order valence-corrected chi connectivity index (χ1v) is 10.3. The number of furan rings is 1. The molecule has 0 bridgehead atoms. The molecule has 0 amide bonds. The molecule has 7 nitrogen and oxygen atoms in total. The van der Waals surface area contributed by atoms with Gasteiger partial charge in [0.15, 0.2) is 5.16 Å². The Morgan fingerprint density at radius 2 is 2.00 bits per heavy atom. The Balaban J connectivity index is 1.62. The fraction of sp³-hybridized carbons (Fsp3) is 0.316. The van der Waals surface area contributed by atoms with Gasteiger partial charge < -0.3 is 14.1 Å². The number of ether oxygens (including phenoxy) is 1. The topological polar surface area (TPSA) is 73.4 Å². The van der Waals surface area contributed by atoms with Crippen molar-refractivity contribution in [3.05, 3.63) is 52.9 Å². The van der Waals surface area contributed by atoms with Crippen molar-refractivity contribution in [1.82, 2.24) is 14.8 Å². The maximum absolute atomic E-state index is 11.6. The van der Waals surface area contributed by atoms with Crippen LogP contribution in [-0.2, 0) is 10.5 Å². The Morgan fingerprint density at radius 1 is 1.21 bits per heavy atom. The van der Waals surface area contributed by atoms with E-state index in [1.807, 2.05) is 28.8 Å². The van der Waals surface area contributed by atoms with Crippen molar-refractivity contribution < 1.29 is 13.9 Å². The molecule has 1 aliphatic rings. The molecule has 1 fully saturated rings. The molecule has 9 heteroatoms. The molecule has 1 aromatic carbocycles. The van der Waals surface area contributed by atoms with Gasteiger partial charge in [-0.2, -0.15) is 0 Å². The van der Waals surface area contributed by atoms with Crippen LogP contribution < -0.4 is 4.90 Å². The normalized spacial score (nSPS) is 13.9. The minimum Gasteiger partial charge on any atom is -0.463 e. The molecular formula is C19H19ClN4O3S. The average molecular weight is 419 g/mol. The minimum absolute atomic E-state index is 0.184. The van der Waals surface area contributed by atoms with E-state index < -0.39 is 5.97 Å². The number of aromatic nitrogens is 3. The van der Waals surface area contributed by atoms with Crippen molar-refractivity contribution in [1.29, 1.82) is 0 Å². The number of nitrogens with zero attached hydrogens (tertiary/aromatic N) is 4. The Labute approximate surface area is 171 Å². The van der Waals surface area contributed by atoms with E-state index in [0.29, 0.717) is 21.7 Å². The summed E-state index contributed by atoms with van der Waals surface area (Å²) in [4.78, 5) is 13.8. The number of rotatable bonds is 6. The zero-order valence-electron chi connectivity index (χ0n) is 15.3. The number of benzene rings is 1. The van der Waals surface area contributed by atoms with Gasteiger partial charge in [-0.3, -0.25) is 4.57 Å². The van der Waals surface area contributed by atoms with Gasteiger partial charge in [0.05, 0.1) is 23.6 Å². The highest BCUT2D eigenvalue weighted by molar-refractivity contribution is 7.98. The third-order valence-corrected chi connectivity index (χ3v) is 5.76. The molecule has 1 aliphatic heterocycles. The molecule has 3 heterocycles. The van der Waals surface area contributed by atoms with E-state index in [0.717, 1.165) is 37.6 Å². The molecule has 1 saturated heterocycles. The lowest BCUT2D eigenvalue weighted by molar-refractivity contribution is 0.0563. The first-order valence-electron chi connectivity index (χ1n) is 8.92. The highest BCUT2D eigenvalue weighted by atomic mass is 35.5. The summed E-state index contributed by atoms with van der Waals surface area (Å²) < 4.78 is 12.2. The number of methoxy groups -OCH3 is 1. The zero-order valence-corrected chi connectivity index (χ0v) is 16.9. The van der Waals surface area contributed by atoms with Crippen LogP contribution in [0.5, 0.6) is 0 Å². The summed E-state index contributed by atoms with van der Waals surface area (Å²) >= 11 is 7.94. The van der Waals surface area contributed by atoms with Crippen LogP contribution in [0.4, 0.5) is 5.95 Å². The summed E-state index contributed by atoms with van der Waals surface area (Å²) in [5.74, 6) is 1.64. The van der Waals surface area contributed by atoms with Crippen LogP contribution >= 0.6 is 23.4 Å². The number of thioether (sulfide) groups is 1. The van der Waals surface area contributed by atoms with Gasteiger partial charge in [-0.1, -0.05) is 35.5 Å². The zero-order chi connectivity index (χ0) is 19.5. The first kappa shape index (κ1) is 18.9. The molecule has 4 rings (SSSR count). The van der Waals surface area contributed by atoms with Crippen LogP contribution in [0.1, 0.15) is 29.2 Å². The Hall–Kier alpha value is -2.45. The molecule has 2 aromatic heterocycles. The van der Waals surface area contributed by atoms with Gasteiger partial charge in [0.25, 0.3) is 0 Å². The van der Waals surface area contributed by atoms with Crippen LogP contribution in [0, 0.1) is 0 Å². The van der Waals surface area contributed by atoms with Gasteiger partial charge in [0.1, 0.15) is 5.76 Å². The van der Waals surface area contributed by atoms with Gasteiger partial charge in [-0.25, -0.2) is 4.79 Å². The third kappa shape index (κ3) is 3.74. The monoisotopic (exact) mass is 418 g/mol. The summed E-state index contributed by atoms with van der Waals surface area (Å²) in [6, 6.07) is 11.0. The highest BCUT2D eigenvalue weighted by Gasteiger charge is 2.24. The van der Waals surface area contributed by atoms with Gasteiger partial charge in [0, 0.05) is 13.1 Å². The van der Waals surface area contributed by atoms with E-state index in [4.69, 9.17) is 16.0 Å². The molecule has 0 aliphatic carbocycles. The van der Waals surface area contributed by atoms with Crippen LogP contribution in [0.3, 0.4) is 0 Å². The second kappa shape index (κ2) is 8.28. The standard InChI is InChI=1S/C19H19ClN4O3S/c1-26-17(25)16-9-8-13(27-16)12-28-19-22-21-18(23-10-4-5-11-23)24(19)15-7-3-2-6-14(15)20/h2-3,6-9H,4-5,10-12H2,1H3. The van der Waals surface area contributed by atoms with Gasteiger partial charge in [0.2, 0.25) is 11.7 Å². The number of hydrogen-bond donors (Lipinski definition) is 0. The van der Waals surface area contributed by atoms with Crippen molar-refractivity contribution in [3.63, 3.8) is 0 Å². The molecule has 0 spiro atoms. The average Bonchev–Trinajstić information content (AvgIpc) is 3.45. The van der Waals surface area contributed by atoms with Crippen LogP contribution in [0.15, 0.2) is 46.0 Å². The van der Waals surface area contributed by atoms with Crippen LogP contribution in [-0.4, -0.2) is 40.9 Å². The van der Waals surface area contributed by atoms with E-state index in [-0.39, 0.29) is 5.76 Å². The number of carbonyl (C=O) groups is 1. The van der Waals surface area contributed by atoms with Crippen LogP contribution in [0.2, 0.25) is 5.02 Å². The second-order valence-electron chi connectivity index (χ2n) is 6.31. The molecule has 0 atom stereocenters. The molecule has 0 N–H and O–H groups in total. The first-order chi connectivity index (χ1) is 13.7. The number of esters is 1. The summed E-state index contributed by atoms with van der Waals surface area (Å²) in [5.41, 5.74) is 0.841. The Kier molecular flexibility index (Phi) is 5.59. The molecule has 3 aromatic rings. The molecule has 28 heavy (non-hydrogen) atoms. The van der Waals surface area contributed by atoms with Crippen molar-refractivity contribution in [2.75, 3.05) is 25.1 Å². The van der Waals surface area contributed by atoms with Gasteiger partial charge >= 0.3 is 5.97 Å². The lowest BCUT2D eigenvalue weighted by atomic mass is 10.3. The number of carbonyl (C=O) groups excluding carboxylic acids is 1. The second-order valence-corrected chi connectivity index (χ2v) is 7.66. The molecule has 146 valence electrons. The maximum Gasteiger partial charge on any atom is 0.373 e. The number of para-hydroxylation sites is 1. The lowest BCUT2D eigenvalue weighted by Crippen LogP contribution is -2.22. The number of anilines is 1. The smallest absolute Gasteiger partial charge is 0.373 e. The maximum atomic E-state index is 11.6. The van der Waals surface area contributed by atoms with Crippen molar-refractivity contribution in [2.24, 2.45) is 0 Å². The van der Waals surface area contributed by atoms with Crippen LogP contribution in [0.25, 0.3) is 5.69 Å². The SMILES string of the molecule is COC(=O)c1ccc(CSc2nnc(N3CCCC3)n2-c2ccccc2Cl)o1. The fourth-order valence-corrected chi connectivity index (χ4v) is 4.18. The fourth-order valence-electron chi connectivity index (χ4n) is 3.12. The largest absolute Gasteiger partial charge is 0.463 e. The predicted molar refractivity (Wildman–Crippen MR) is 107 cm³/mol. The summed E-state index contributed by atoms with van der Waals surface area (Å²) in [6.07, 6.45) is 2.28. The van der Waals surface area contributed by atoms with E-state index in [2.05, 4.69) is 19.8 Å². The summed E-state index contributed by atoms with van der Waals surface area (Å²) in [5, 5.41) is 10.2. The molecule has 0 unspecified atom stereocenters. The van der Waals surface area contributed by atoms with Crippen molar-refractivity contribution in [2.45, 2.75) is 23.8 Å². The van der Waals surface area contributed by atoms with E-state index in [1.54, 1.807) is 12.1 Å². The van der Waals surface area contributed by atoms with E-state index >= 15 is 0 Å². The minimum atomic E-state index is -0.494. The Morgan fingerprint density at radius 3 is 2.75 bits per heavy atom. The summed E-state index contributed by atoms with van der Waals surface area (Å²) in [6.45, 7) is 1.90.